The van der Waals surface area contributed by atoms with Crippen molar-refractivity contribution < 1.29 is 21.6 Å². The van der Waals surface area contributed by atoms with E-state index in [1.807, 2.05) is 12.1 Å². The van der Waals surface area contributed by atoms with Gasteiger partial charge in [-0.25, -0.2) is 16.8 Å². The Hall–Kier alpha value is -2.05. The van der Waals surface area contributed by atoms with Gasteiger partial charge in [0.05, 0.1) is 11.2 Å². The number of carbonyl (C=O) groups is 1. The largest absolute Gasteiger partial charge is 0.352 e. The predicted molar refractivity (Wildman–Crippen MR) is 105 cm³/mol. The minimum Gasteiger partial charge on any atom is -0.352 e. The molecular weight excluding hydrogens is 404 g/mol. The van der Waals surface area contributed by atoms with Crippen molar-refractivity contribution in [1.29, 1.82) is 0 Å². The average molecular weight is 427 g/mol. The zero-order valence-electron chi connectivity index (χ0n) is 15.3. The third-order valence-electron chi connectivity index (χ3n) is 4.52. The molecule has 0 aromatic heterocycles. The highest BCUT2D eigenvalue weighted by Gasteiger charge is 2.47. The van der Waals surface area contributed by atoms with Crippen molar-refractivity contribution >= 4 is 36.7 Å². The van der Waals surface area contributed by atoms with E-state index in [-0.39, 0.29) is 31.1 Å². The van der Waals surface area contributed by atoms with Crippen LogP contribution < -0.4 is 11.1 Å². The molecular formula is C17H22N4O5S2. The molecule has 1 unspecified atom stereocenters. The third kappa shape index (κ3) is 3.89. The van der Waals surface area contributed by atoms with E-state index in [1.165, 1.54) is 12.1 Å². The molecule has 1 fully saturated rings. The van der Waals surface area contributed by atoms with Gasteiger partial charge in [0, 0.05) is 26.2 Å². The highest BCUT2D eigenvalue weighted by atomic mass is 32.2. The lowest BCUT2D eigenvalue weighted by Crippen LogP contribution is -2.54. The number of hydrogen-bond acceptors (Lipinski definition) is 6. The predicted octanol–water partition coefficient (Wildman–Crippen LogP) is -0.493. The van der Waals surface area contributed by atoms with Crippen molar-refractivity contribution in [1.82, 2.24) is 13.9 Å². The molecule has 0 bridgehead atoms. The molecule has 1 aliphatic heterocycles. The summed E-state index contributed by atoms with van der Waals surface area (Å²) in [6.07, 6.45) is -0.541. The summed E-state index contributed by atoms with van der Waals surface area (Å²) >= 11 is 0. The van der Waals surface area contributed by atoms with Gasteiger partial charge in [0.15, 0.2) is 6.17 Å². The van der Waals surface area contributed by atoms with Crippen LogP contribution in [0, 0.1) is 0 Å². The quantitative estimate of drug-likeness (QED) is 0.641. The fourth-order valence-corrected chi connectivity index (χ4v) is 5.82. The Morgan fingerprint density at radius 3 is 2.36 bits per heavy atom. The molecule has 1 amide bonds. The summed E-state index contributed by atoms with van der Waals surface area (Å²) in [5, 5.41) is 4.08. The molecule has 0 aliphatic carbocycles. The van der Waals surface area contributed by atoms with Crippen molar-refractivity contribution in [3.63, 3.8) is 0 Å². The summed E-state index contributed by atoms with van der Waals surface area (Å²) in [5.74, 6) is -0.724. The maximum Gasteiger partial charge on any atom is 0.254 e. The number of sulfonamides is 2. The Morgan fingerprint density at radius 2 is 1.71 bits per heavy atom. The van der Waals surface area contributed by atoms with Crippen LogP contribution in [0.4, 0.5) is 0 Å². The third-order valence-corrected chi connectivity index (χ3v) is 7.60. The zero-order valence-corrected chi connectivity index (χ0v) is 16.9. The van der Waals surface area contributed by atoms with E-state index in [0.29, 0.717) is 0 Å². The molecule has 1 aliphatic rings. The molecule has 28 heavy (non-hydrogen) atoms. The summed E-state index contributed by atoms with van der Waals surface area (Å²) in [5.41, 5.74) is 5.38. The Labute approximate surface area is 164 Å². The lowest BCUT2D eigenvalue weighted by molar-refractivity contribution is -0.126. The van der Waals surface area contributed by atoms with Gasteiger partial charge in [-0.3, -0.25) is 4.79 Å². The van der Waals surface area contributed by atoms with E-state index in [0.717, 1.165) is 25.6 Å². The molecule has 0 spiro atoms. The van der Waals surface area contributed by atoms with Crippen LogP contribution in [0.2, 0.25) is 0 Å². The second kappa shape index (κ2) is 7.76. The van der Waals surface area contributed by atoms with Crippen molar-refractivity contribution in [3.05, 3.63) is 42.5 Å². The second-order valence-corrected chi connectivity index (χ2v) is 10.3. The highest BCUT2D eigenvalue weighted by molar-refractivity contribution is 7.89. The first kappa shape index (κ1) is 20.7. The lowest BCUT2D eigenvalue weighted by atomic mass is 10.1. The SMILES string of the molecule is CS(=O)(=O)N1CCN(S(=O)(=O)c2ccc3ccccc3c2)C1C(=O)NCCN. The van der Waals surface area contributed by atoms with Crippen LogP contribution in [0.25, 0.3) is 10.8 Å². The first-order valence-electron chi connectivity index (χ1n) is 8.61. The normalized spacial score (nSPS) is 19.1. The fourth-order valence-electron chi connectivity index (χ4n) is 3.20. The number of fused-ring (bicyclic) bond motifs is 1. The number of nitrogens with zero attached hydrogens (tertiary/aromatic N) is 2. The Kier molecular flexibility index (Phi) is 5.73. The molecule has 1 atom stereocenters. The van der Waals surface area contributed by atoms with Crippen molar-refractivity contribution in [2.75, 3.05) is 32.4 Å². The van der Waals surface area contributed by atoms with Gasteiger partial charge < -0.3 is 11.1 Å². The Balaban J connectivity index is 2.03. The van der Waals surface area contributed by atoms with Gasteiger partial charge in [-0.15, -0.1) is 0 Å². The number of carbonyl (C=O) groups excluding carboxylic acids is 1. The van der Waals surface area contributed by atoms with E-state index in [1.54, 1.807) is 18.2 Å². The number of nitrogens with one attached hydrogen (secondary N) is 1. The van der Waals surface area contributed by atoms with Crippen LogP contribution in [0.15, 0.2) is 47.4 Å². The molecule has 9 nitrogen and oxygen atoms in total. The van der Waals surface area contributed by atoms with Crippen LogP contribution in [-0.2, 0) is 24.8 Å². The minimum absolute atomic E-state index is 0.00169. The summed E-state index contributed by atoms with van der Waals surface area (Å²) in [7, 11) is -7.90. The number of hydrogen-bond donors (Lipinski definition) is 2. The lowest BCUT2D eigenvalue weighted by Gasteiger charge is -2.27. The highest BCUT2D eigenvalue weighted by Crippen LogP contribution is 2.28. The molecule has 1 saturated heterocycles. The van der Waals surface area contributed by atoms with Crippen molar-refractivity contribution in [2.24, 2.45) is 5.73 Å². The first-order chi connectivity index (χ1) is 13.2. The maximum atomic E-state index is 13.2. The van der Waals surface area contributed by atoms with Gasteiger partial charge in [0.2, 0.25) is 20.0 Å². The number of amides is 1. The van der Waals surface area contributed by atoms with Gasteiger partial charge in [-0.05, 0) is 22.9 Å². The number of benzene rings is 2. The molecule has 3 rings (SSSR count). The monoisotopic (exact) mass is 426 g/mol. The van der Waals surface area contributed by atoms with Crippen LogP contribution in [0.3, 0.4) is 0 Å². The van der Waals surface area contributed by atoms with Gasteiger partial charge in [0.1, 0.15) is 0 Å². The Bertz CT molecular complexity index is 1100. The van der Waals surface area contributed by atoms with Gasteiger partial charge >= 0.3 is 0 Å². The summed E-state index contributed by atoms with van der Waals surface area (Å²) in [6, 6.07) is 11.9. The topological polar surface area (TPSA) is 130 Å². The molecule has 2 aromatic carbocycles. The van der Waals surface area contributed by atoms with Crippen molar-refractivity contribution in [3.8, 4) is 0 Å². The van der Waals surface area contributed by atoms with E-state index < -0.39 is 32.1 Å². The summed E-state index contributed by atoms with van der Waals surface area (Å²) < 4.78 is 52.5. The first-order valence-corrected chi connectivity index (χ1v) is 11.9. The van der Waals surface area contributed by atoms with E-state index in [4.69, 9.17) is 5.73 Å². The van der Waals surface area contributed by atoms with E-state index >= 15 is 0 Å². The average Bonchev–Trinajstić information content (AvgIpc) is 3.12. The maximum absolute atomic E-state index is 13.2. The zero-order chi connectivity index (χ0) is 20.5. The molecule has 3 N–H and O–H groups in total. The van der Waals surface area contributed by atoms with E-state index in [2.05, 4.69) is 5.32 Å². The van der Waals surface area contributed by atoms with Crippen LogP contribution in [0.1, 0.15) is 0 Å². The van der Waals surface area contributed by atoms with Gasteiger partial charge in [0.25, 0.3) is 5.91 Å². The second-order valence-electron chi connectivity index (χ2n) is 6.45. The van der Waals surface area contributed by atoms with E-state index in [9.17, 15) is 21.6 Å². The minimum atomic E-state index is -4.11. The molecule has 1 heterocycles. The standard InChI is InChI=1S/C17H22N4O5S2/c1-27(23,24)20-10-11-21(17(20)16(22)19-9-8-18)28(25,26)15-7-6-13-4-2-3-5-14(13)12-15/h2-7,12,17H,8-11,18H2,1H3,(H,19,22). The van der Waals surface area contributed by atoms with Gasteiger partial charge in [-0.1, -0.05) is 30.3 Å². The summed E-state index contributed by atoms with van der Waals surface area (Å²) in [6.45, 7) is 0.0286. The molecule has 152 valence electrons. The van der Waals surface area contributed by atoms with Crippen LogP contribution in [-0.4, -0.2) is 70.0 Å². The number of nitrogens with two attached hydrogens (primary N) is 1. The van der Waals surface area contributed by atoms with Crippen LogP contribution in [0.5, 0.6) is 0 Å². The summed E-state index contributed by atoms with van der Waals surface area (Å²) in [4.78, 5) is 12.6. The van der Waals surface area contributed by atoms with Crippen LogP contribution >= 0.6 is 0 Å². The smallest absolute Gasteiger partial charge is 0.254 e. The fraction of sp³-hybridized carbons (Fsp3) is 0.353. The van der Waals surface area contributed by atoms with Gasteiger partial charge in [-0.2, -0.15) is 8.61 Å². The molecule has 0 radical (unpaired) electrons. The molecule has 2 aromatic rings. The Morgan fingerprint density at radius 1 is 1.07 bits per heavy atom. The molecule has 11 heteroatoms. The van der Waals surface area contributed by atoms with Crippen molar-refractivity contribution in [2.45, 2.75) is 11.1 Å². The molecule has 0 saturated carbocycles. The number of rotatable bonds is 6.